The quantitative estimate of drug-likeness (QED) is 0.770. The molecule has 0 aliphatic heterocycles. The number of H-pyrrole nitrogens is 1. The number of halogens is 1. The number of aromatic nitrogens is 2. The smallest absolute Gasteiger partial charge is 0.258 e. The molecule has 6 heteroatoms. The third-order valence-corrected chi connectivity index (χ3v) is 5.09. The van der Waals surface area contributed by atoms with Crippen LogP contribution in [0.1, 0.15) is 23.7 Å². The first-order chi connectivity index (χ1) is 10.5. The molecule has 0 aliphatic carbocycles. The summed E-state index contributed by atoms with van der Waals surface area (Å²) in [7, 11) is 2.09. The van der Waals surface area contributed by atoms with Gasteiger partial charge in [0.1, 0.15) is 12.6 Å². The van der Waals surface area contributed by atoms with Gasteiger partial charge in [-0.05, 0) is 31.2 Å². The van der Waals surface area contributed by atoms with Gasteiger partial charge in [0.25, 0.3) is 5.56 Å². The van der Waals surface area contributed by atoms with E-state index in [4.69, 9.17) is 11.6 Å². The number of nitrogens with zero attached hydrogens (tertiary/aromatic N) is 1. The highest BCUT2D eigenvalue weighted by atomic mass is 35.5. The van der Waals surface area contributed by atoms with E-state index in [1.54, 1.807) is 17.4 Å². The summed E-state index contributed by atoms with van der Waals surface area (Å²) in [4.78, 5) is 22.2. The third-order valence-electron chi connectivity index (χ3n) is 3.86. The monoisotopic (exact) mass is 334 g/mol. The van der Waals surface area contributed by atoms with E-state index in [0.29, 0.717) is 11.2 Å². The lowest BCUT2D eigenvalue weighted by molar-refractivity contribution is -0.924. The Morgan fingerprint density at radius 1 is 1.32 bits per heavy atom. The lowest BCUT2D eigenvalue weighted by atomic mass is 10.2. The largest absolute Gasteiger partial charge is 0.324 e. The first kappa shape index (κ1) is 15.2. The van der Waals surface area contributed by atoms with Crippen molar-refractivity contribution in [2.75, 3.05) is 7.05 Å². The maximum Gasteiger partial charge on any atom is 0.258 e. The fraction of sp³-hybridized carbons (Fsp3) is 0.250. The lowest BCUT2D eigenvalue weighted by Gasteiger charge is -2.20. The first-order valence-corrected chi connectivity index (χ1v) is 8.29. The zero-order valence-electron chi connectivity index (χ0n) is 12.4. The van der Waals surface area contributed by atoms with E-state index in [9.17, 15) is 4.79 Å². The standard InChI is InChI=1S/C16H16ClN3OS/c1-10(20(2)9-11-7-8-14(17)22-11)15-18-13-6-4-3-5-12(13)16(21)19-15/h3-8,10H,9H2,1-2H3,(H,18,19,21)/p+1/t10-/m0/s1. The van der Waals surface area contributed by atoms with Crippen molar-refractivity contribution in [2.24, 2.45) is 0 Å². The van der Waals surface area contributed by atoms with Crippen LogP contribution < -0.4 is 10.5 Å². The van der Waals surface area contributed by atoms with Crippen LogP contribution in [0, 0.1) is 0 Å². The number of quaternary nitrogens is 1. The van der Waals surface area contributed by atoms with Crippen LogP contribution in [0.2, 0.25) is 4.34 Å². The predicted molar refractivity (Wildman–Crippen MR) is 90.7 cm³/mol. The number of hydrogen-bond donors (Lipinski definition) is 2. The Morgan fingerprint density at radius 3 is 2.82 bits per heavy atom. The van der Waals surface area contributed by atoms with Crippen molar-refractivity contribution in [3.05, 3.63) is 61.8 Å². The van der Waals surface area contributed by atoms with Crippen LogP contribution in [0.25, 0.3) is 10.9 Å². The summed E-state index contributed by atoms with van der Waals surface area (Å²) in [6.45, 7) is 2.91. The van der Waals surface area contributed by atoms with Gasteiger partial charge in [0.2, 0.25) is 0 Å². The summed E-state index contributed by atoms with van der Waals surface area (Å²) < 4.78 is 0.799. The van der Waals surface area contributed by atoms with Gasteiger partial charge in [0.15, 0.2) is 5.82 Å². The number of nitrogens with one attached hydrogen (secondary N) is 2. The zero-order valence-corrected chi connectivity index (χ0v) is 14.0. The van der Waals surface area contributed by atoms with Gasteiger partial charge >= 0.3 is 0 Å². The van der Waals surface area contributed by atoms with Crippen molar-refractivity contribution in [3.63, 3.8) is 0 Å². The van der Waals surface area contributed by atoms with Gasteiger partial charge in [0.05, 0.1) is 27.2 Å². The van der Waals surface area contributed by atoms with Gasteiger partial charge in [-0.25, -0.2) is 4.98 Å². The normalized spacial score (nSPS) is 14.1. The van der Waals surface area contributed by atoms with E-state index in [1.165, 1.54) is 9.78 Å². The molecule has 0 amide bonds. The zero-order chi connectivity index (χ0) is 15.7. The summed E-state index contributed by atoms with van der Waals surface area (Å²) in [6, 6.07) is 11.4. The van der Waals surface area contributed by atoms with Gasteiger partial charge in [-0.3, -0.25) is 4.79 Å². The van der Waals surface area contributed by atoms with Crippen molar-refractivity contribution in [3.8, 4) is 0 Å². The summed E-state index contributed by atoms with van der Waals surface area (Å²) in [5.41, 5.74) is 0.652. The molecule has 2 N–H and O–H groups in total. The summed E-state index contributed by atoms with van der Waals surface area (Å²) in [5.74, 6) is 0.712. The van der Waals surface area contributed by atoms with Crippen LogP contribution >= 0.6 is 22.9 Å². The second-order valence-corrected chi connectivity index (χ2v) is 7.22. The van der Waals surface area contributed by atoms with E-state index in [0.717, 1.165) is 16.4 Å². The number of hydrogen-bond acceptors (Lipinski definition) is 3. The van der Waals surface area contributed by atoms with Gasteiger partial charge in [0, 0.05) is 0 Å². The molecule has 1 unspecified atom stereocenters. The minimum atomic E-state index is -0.0839. The Bertz CT molecular complexity index is 858. The molecule has 0 aliphatic rings. The van der Waals surface area contributed by atoms with E-state index in [-0.39, 0.29) is 11.6 Å². The van der Waals surface area contributed by atoms with Gasteiger partial charge in [-0.1, -0.05) is 23.7 Å². The molecule has 0 fully saturated rings. The van der Waals surface area contributed by atoms with Crippen molar-refractivity contribution in [2.45, 2.75) is 19.5 Å². The maximum atomic E-state index is 12.2. The van der Waals surface area contributed by atoms with E-state index in [1.807, 2.05) is 30.3 Å². The molecule has 0 spiro atoms. The molecular weight excluding hydrogens is 318 g/mol. The number of para-hydroxylation sites is 1. The minimum absolute atomic E-state index is 0.0816. The summed E-state index contributed by atoms with van der Waals surface area (Å²) in [6.07, 6.45) is 0. The number of thiophene rings is 1. The number of fused-ring (bicyclic) bond motifs is 1. The minimum Gasteiger partial charge on any atom is -0.324 e. The number of aromatic amines is 1. The highest BCUT2D eigenvalue weighted by Gasteiger charge is 2.19. The van der Waals surface area contributed by atoms with E-state index in [2.05, 4.69) is 23.9 Å². The Morgan fingerprint density at radius 2 is 2.09 bits per heavy atom. The Hall–Kier alpha value is -1.69. The molecule has 0 radical (unpaired) electrons. The summed E-state index contributed by atoms with van der Waals surface area (Å²) in [5, 5.41) is 0.626. The topological polar surface area (TPSA) is 50.2 Å². The van der Waals surface area contributed by atoms with Gasteiger partial charge < -0.3 is 9.88 Å². The molecule has 2 heterocycles. The van der Waals surface area contributed by atoms with Crippen LogP contribution in [-0.2, 0) is 6.54 Å². The Kier molecular flexibility index (Phi) is 4.29. The molecule has 22 heavy (non-hydrogen) atoms. The fourth-order valence-corrected chi connectivity index (χ4v) is 3.60. The number of rotatable bonds is 4. The van der Waals surface area contributed by atoms with Crippen molar-refractivity contribution < 1.29 is 4.90 Å². The molecule has 0 saturated heterocycles. The highest BCUT2D eigenvalue weighted by Crippen LogP contribution is 2.20. The lowest BCUT2D eigenvalue weighted by Crippen LogP contribution is -3.07. The molecule has 1 aromatic carbocycles. The Balaban J connectivity index is 1.88. The molecule has 3 rings (SSSR count). The average Bonchev–Trinajstić information content (AvgIpc) is 2.91. The predicted octanol–water partition coefficient (Wildman–Crippen LogP) is 2.41. The van der Waals surface area contributed by atoms with E-state index >= 15 is 0 Å². The fourth-order valence-electron chi connectivity index (χ4n) is 2.42. The average molecular weight is 335 g/mol. The van der Waals surface area contributed by atoms with Crippen LogP contribution in [0.3, 0.4) is 0 Å². The molecule has 2 atom stereocenters. The molecule has 0 saturated carbocycles. The highest BCUT2D eigenvalue weighted by molar-refractivity contribution is 7.16. The molecule has 3 aromatic rings. The van der Waals surface area contributed by atoms with Crippen LogP contribution in [-0.4, -0.2) is 17.0 Å². The second-order valence-electron chi connectivity index (χ2n) is 5.42. The van der Waals surface area contributed by atoms with Crippen LogP contribution in [0.4, 0.5) is 0 Å². The van der Waals surface area contributed by atoms with Crippen molar-refractivity contribution >= 4 is 33.8 Å². The third kappa shape index (κ3) is 3.06. The van der Waals surface area contributed by atoms with E-state index < -0.39 is 0 Å². The van der Waals surface area contributed by atoms with Gasteiger partial charge in [-0.2, -0.15) is 0 Å². The second kappa shape index (κ2) is 6.20. The maximum absolute atomic E-state index is 12.2. The Labute approximate surface area is 137 Å². The SMILES string of the molecule is C[C@@H](c1nc2ccccc2c(=O)[nH]1)[NH+](C)Cc1ccc(Cl)s1. The van der Waals surface area contributed by atoms with Crippen LogP contribution in [0.15, 0.2) is 41.2 Å². The summed E-state index contributed by atoms with van der Waals surface area (Å²) >= 11 is 7.56. The first-order valence-electron chi connectivity index (χ1n) is 7.10. The van der Waals surface area contributed by atoms with Gasteiger partial charge in [-0.15, -0.1) is 11.3 Å². The van der Waals surface area contributed by atoms with Crippen molar-refractivity contribution in [1.82, 2.24) is 9.97 Å². The molecule has 114 valence electrons. The molecule has 0 bridgehead atoms. The molecule has 4 nitrogen and oxygen atoms in total. The van der Waals surface area contributed by atoms with Crippen molar-refractivity contribution in [1.29, 1.82) is 0 Å². The van der Waals surface area contributed by atoms with Crippen LogP contribution in [0.5, 0.6) is 0 Å². The molecular formula is C16H17ClN3OS+. The molecule has 2 aromatic heterocycles. The number of benzene rings is 1.